The van der Waals surface area contributed by atoms with E-state index in [4.69, 9.17) is 10.5 Å². The first-order chi connectivity index (χ1) is 7.66. The first-order valence-electron chi connectivity index (χ1n) is 5.19. The van der Waals surface area contributed by atoms with Crippen LogP contribution in [0.25, 0.3) is 0 Å². The van der Waals surface area contributed by atoms with Crippen molar-refractivity contribution in [3.05, 3.63) is 22.7 Å². The quantitative estimate of drug-likeness (QED) is 0.793. The summed E-state index contributed by atoms with van der Waals surface area (Å²) in [5, 5.41) is 0. The lowest BCUT2D eigenvalue weighted by Gasteiger charge is -2.24. The van der Waals surface area contributed by atoms with Gasteiger partial charge in [-0.1, -0.05) is 6.42 Å². The molecule has 0 aromatic carbocycles. The van der Waals surface area contributed by atoms with Crippen LogP contribution >= 0.6 is 0 Å². The maximum absolute atomic E-state index is 11.5. The molecule has 1 saturated carbocycles. The second-order valence-electron chi connectivity index (χ2n) is 3.88. The maximum Gasteiger partial charge on any atom is 0.422 e. The van der Waals surface area contributed by atoms with Gasteiger partial charge in [-0.15, -0.1) is 0 Å². The standard InChI is InChI=1S/C10H13N3O3/c11-8-4-5-13(9(14)12-8)10(15)16-6-7-2-1-3-7/h4-5,7H,1-3,6H2,(H2,11,12,14). The van der Waals surface area contributed by atoms with Gasteiger partial charge >= 0.3 is 11.8 Å². The number of carbonyl (C=O) groups excluding carboxylic acids is 1. The second kappa shape index (κ2) is 4.34. The molecule has 1 aliphatic rings. The predicted octanol–water partition coefficient (Wildman–Crippen LogP) is 0.610. The van der Waals surface area contributed by atoms with Crippen molar-refractivity contribution in [1.82, 2.24) is 9.55 Å². The Bertz CT molecular complexity index is 451. The third kappa shape index (κ3) is 2.21. The minimum Gasteiger partial charge on any atom is -0.449 e. The highest BCUT2D eigenvalue weighted by Crippen LogP contribution is 2.26. The Morgan fingerprint density at radius 1 is 1.62 bits per heavy atom. The van der Waals surface area contributed by atoms with Gasteiger partial charge in [-0.3, -0.25) is 0 Å². The SMILES string of the molecule is Nc1ccn(C(=O)OCC2CCC2)c(=O)n1. The third-order valence-electron chi connectivity index (χ3n) is 2.69. The molecule has 0 bridgehead atoms. The summed E-state index contributed by atoms with van der Waals surface area (Å²) < 4.78 is 5.81. The number of ether oxygens (including phenoxy) is 1. The van der Waals surface area contributed by atoms with Crippen molar-refractivity contribution in [2.45, 2.75) is 19.3 Å². The van der Waals surface area contributed by atoms with E-state index in [2.05, 4.69) is 4.98 Å². The van der Waals surface area contributed by atoms with E-state index in [-0.39, 0.29) is 5.82 Å². The Kier molecular flexibility index (Phi) is 2.89. The highest BCUT2D eigenvalue weighted by Gasteiger charge is 2.20. The van der Waals surface area contributed by atoms with E-state index in [0.29, 0.717) is 12.5 Å². The summed E-state index contributed by atoms with van der Waals surface area (Å²) in [5.41, 5.74) is 4.59. The van der Waals surface area contributed by atoms with Crippen LogP contribution in [-0.2, 0) is 4.74 Å². The van der Waals surface area contributed by atoms with E-state index in [1.165, 1.54) is 18.7 Å². The summed E-state index contributed by atoms with van der Waals surface area (Å²) in [5.74, 6) is 0.537. The van der Waals surface area contributed by atoms with Gasteiger partial charge < -0.3 is 10.5 Å². The second-order valence-corrected chi connectivity index (χ2v) is 3.88. The highest BCUT2D eigenvalue weighted by molar-refractivity contribution is 5.70. The maximum atomic E-state index is 11.5. The fourth-order valence-electron chi connectivity index (χ4n) is 1.47. The molecule has 0 radical (unpaired) electrons. The van der Waals surface area contributed by atoms with Crippen LogP contribution < -0.4 is 11.4 Å². The normalized spacial score (nSPS) is 15.5. The molecule has 0 atom stereocenters. The van der Waals surface area contributed by atoms with E-state index in [1.807, 2.05) is 0 Å². The lowest BCUT2D eigenvalue weighted by Crippen LogP contribution is -2.31. The summed E-state index contributed by atoms with van der Waals surface area (Å²) in [6.45, 7) is 0.371. The molecular formula is C10H13N3O3. The molecule has 6 heteroatoms. The minimum atomic E-state index is -0.710. The smallest absolute Gasteiger partial charge is 0.422 e. The Morgan fingerprint density at radius 2 is 2.38 bits per heavy atom. The van der Waals surface area contributed by atoms with Crippen LogP contribution in [0, 0.1) is 5.92 Å². The first kappa shape index (κ1) is 10.7. The van der Waals surface area contributed by atoms with E-state index in [1.54, 1.807) is 0 Å². The highest BCUT2D eigenvalue weighted by atomic mass is 16.5. The molecule has 0 aliphatic heterocycles. The summed E-state index contributed by atoms with van der Waals surface area (Å²) in [4.78, 5) is 26.2. The number of nitrogens with zero attached hydrogens (tertiary/aromatic N) is 2. The van der Waals surface area contributed by atoms with Gasteiger partial charge in [0, 0.05) is 6.20 Å². The van der Waals surface area contributed by atoms with Gasteiger partial charge in [0.15, 0.2) is 0 Å². The number of nitrogens with two attached hydrogens (primary N) is 1. The molecule has 6 nitrogen and oxygen atoms in total. The average Bonchev–Trinajstić information content (AvgIpc) is 2.14. The average molecular weight is 223 g/mol. The Morgan fingerprint density at radius 3 is 2.94 bits per heavy atom. The molecule has 16 heavy (non-hydrogen) atoms. The number of rotatable bonds is 2. The van der Waals surface area contributed by atoms with Crippen molar-refractivity contribution in [2.24, 2.45) is 5.92 Å². The van der Waals surface area contributed by atoms with E-state index < -0.39 is 11.8 Å². The Balaban J connectivity index is 1.99. The van der Waals surface area contributed by atoms with E-state index in [9.17, 15) is 9.59 Å². The predicted molar refractivity (Wildman–Crippen MR) is 57.0 cm³/mol. The van der Waals surface area contributed by atoms with Crippen LogP contribution in [0.1, 0.15) is 19.3 Å². The fourth-order valence-corrected chi connectivity index (χ4v) is 1.47. The molecule has 86 valence electrons. The van der Waals surface area contributed by atoms with Gasteiger partial charge in [0.25, 0.3) is 0 Å². The van der Waals surface area contributed by atoms with Crippen LogP contribution in [0.3, 0.4) is 0 Å². The molecule has 0 amide bonds. The van der Waals surface area contributed by atoms with Crippen molar-refractivity contribution >= 4 is 11.9 Å². The molecule has 0 spiro atoms. The van der Waals surface area contributed by atoms with Crippen LogP contribution in [0.5, 0.6) is 0 Å². The Labute approximate surface area is 92.0 Å². The van der Waals surface area contributed by atoms with Gasteiger partial charge in [0.2, 0.25) is 0 Å². The van der Waals surface area contributed by atoms with Gasteiger partial charge in [0.05, 0.1) is 6.61 Å². The number of carbonyl (C=O) groups is 1. The zero-order chi connectivity index (χ0) is 11.5. The summed E-state index contributed by atoms with van der Waals surface area (Å²) in [6, 6.07) is 1.38. The molecule has 2 N–H and O–H groups in total. The van der Waals surface area contributed by atoms with Gasteiger partial charge in [-0.05, 0) is 24.8 Å². The van der Waals surface area contributed by atoms with Gasteiger partial charge in [-0.2, -0.15) is 4.98 Å². The summed E-state index contributed by atoms with van der Waals surface area (Å²) in [6.07, 6.45) is 3.94. The number of hydrogen-bond donors (Lipinski definition) is 1. The van der Waals surface area contributed by atoms with Crippen molar-refractivity contribution < 1.29 is 9.53 Å². The van der Waals surface area contributed by atoms with Crippen molar-refractivity contribution in [2.75, 3.05) is 12.3 Å². The van der Waals surface area contributed by atoms with Crippen LogP contribution in [0.2, 0.25) is 0 Å². The molecule has 1 heterocycles. The van der Waals surface area contributed by atoms with E-state index in [0.717, 1.165) is 17.4 Å². The van der Waals surface area contributed by atoms with Crippen LogP contribution in [-0.4, -0.2) is 22.3 Å². The molecule has 1 aromatic rings. The largest absolute Gasteiger partial charge is 0.449 e. The summed E-state index contributed by atoms with van der Waals surface area (Å²) >= 11 is 0. The summed E-state index contributed by atoms with van der Waals surface area (Å²) in [7, 11) is 0. The topological polar surface area (TPSA) is 87.2 Å². The zero-order valence-corrected chi connectivity index (χ0v) is 8.76. The van der Waals surface area contributed by atoms with Crippen LogP contribution in [0.4, 0.5) is 10.6 Å². The zero-order valence-electron chi connectivity index (χ0n) is 8.76. The monoisotopic (exact) mass is 223 g/mol. The molecule has 1 fully saturated rings. The Hall–Kier alpha value is -1.85. The van der Waals surface area contributed by atoms with Crippen molar-refractivity contribution in [1.29, 1.82) is 0 Å². The molecule has 1 aliphatic carbocycles. The lowest BCUT2D eigenvalue weighted by molar-refractivity contribution is 0.104. The molecule has 0 saturated heterocycles. The first-order valence-corrected chi connectivity index (χ1v) is 5.19. The van der Waals surface area contributed by atoms with Crippen LogP contribution in [0.15, 0.2) is 17.1 Å². The number of aromatic nitrogens is 2. The molecule has 2 rings (SSSR count). The van der Waals surface area contributed by atoms with Crippen molar-refractivity contribution in [3.8, 4) is 0 Å². The number of nitrogen functional groups attached to an aromatic ring is 1. The number of hydrogen-bond acceptors (Lipinski definition) is 5. The van der Waals surface area contributed by atoms with Gasteiger partial charge in [0.1, 0.15) is 5.82 Å². The lowest BCUT2D eigenvalue weighted by atomic mass is 9.86. The van der Waals surface area contributed by atoms with E-state index >= 15 is 0 Å². The fraction of sp³-hybridized carbons (Fsp3) is 0.500. The molecular weight excluding hydrogens is 210 g/mol. The minimum absolute atomic E-state index is 0.0908. The van der Waals surface area contributed by atoms with Gasteiger partial charge in [-0.25, -0.2) is 14.2 Å². The van der Waals surface area contributed by atoms with Crippen molar-refractivity contribution in [3.63, 3.8) is 0 Å². The third-order valence-corrected chi connectivity index (χ3v) is 2.69. The molecule has 1 aromatic heterocycles. The molecule has 0 unspecified atom stereocenters. The number of anilines is 1.